The Balaban J connectivity index is 1.77. The lowest BCUT2D eigenvalue weighted by atomic mass is 10.1. The first kappa shape index (κ1) is 13.2. The second-order valence-corrected chi connectivity index (χ2v) is 4.90. The Kier molecular flexibility index (Phi) is 3.36. The van der Waals surface area contributed by atoms with E-state index >= 15 is 0 Å². The Labute approximate surface area is 122 Å². The summed E-state index contributed by atoms with van der Waals surface area (Å²) in [4.78, 5) is 11.0. The second kappa shape index (κ2) is 5.32. The van der Waals surface area contributed by atoms with Crippen LogP contribution >= 0.6 is 0 Å². The van der Waals surface area contributed by atoms with Gasteiger partial charge in [0.25, 0.3) is 0 Å². The Morgan fingerprint density at radius 2 is 1.90 bits per heavy atom. The van der Waals surface area contributed by atoms with E-state index in [0.717, 1.165) is 11.1 Å². The molecule has 4 heteroatoms. The number of anilines is 1. The van der Waals surface area contributed by atoms with Crippen LogP contribution in [-0.2, 0) is 6.54 Å². The highest BCUT2D eigenvalue weighted by atomic mass is 16.4. The summed E-state index contributed by atoms with van der Waals surface area (Å²) in [5.41, 5.74) is 1.19. The first-order chi connectivity index (χ1) is 10.1. The van der Waals surface area contributed by atoms with Crippen molar-refractivity contribution in [1.82, 2.24) is 0 Å². The molecule has 3 aromatic rings. The third-order valence-electron chi connectivity index (χ3n) is 3.42. The van der Waals surface area contributed by atoms with Crippen LogP contribution in [0.15, 0.2) is 52.9 Å². The summed E-state index contributed by atoms with van der Waals surface area (Å²) in [6, 6.07) is 15.8. The fraction of sp³-hybridized carbons (Fsp3) is 0.118. The van der Waals surface area contributed by atoms with Crippen molar-refractivity contribution in [3.63, 3.8) is 0 Å². The number of benzene rings is 2. The van der Waals surface area contributed by atoms with Crippen molar-refractivity contribution in [3.8, 4) is 0 Å². The van der Waals surface area contributed by atoms with Crippen LogP contribution in [0.25, 0.3) is 10.8 Å². The molecule has 0 aliphatic heterocycles. The Morgan fingerprint density at radius 3 is 2.62 bits per heavy atom. The van der Waals surface area contributed by atoms with Gasteiger partial charge in [0.15, 0.2) is 0 Å². The normalized spacial score (nSPS) is 10.7. The van der Waals surface area contributed by atoms with Crippen molar-refractivity contribution in [2.45, 2.75) is 13.5 Å². The number of rotatable bonds is 4. The molecule has 0 spiro atoms. The molecule has 3 rings (SSSR count). The average molecular weight is 281 g/mol. The predicted octanol–water partition coefficient (Wildman–Crippen LogP) is 4.05. The molecule has 0 amide bonds. The molecular weight excluding hydrogens is 266 g/mol. The van der Waals surface area contributed by atoms with Crippen LogP contribution in [0.2, 0.25) is 0 Å². The van der Waals surface area contributed by atoms with Gasteiger partial charge in [-0.15, -0.1) is 0 Å². The summed E-state index contributed by atoms with van der Waals surface area (Å²) in [5.74, 6) is 0.0732. The molecular formula is C17H15NO3. The van der Waals surface area contributed by atoms with Crippen molar-refractivity contribution < 1.29 is 14.3 Å². The van der Waals surface area contributed by atoms with Crippen molar-refractivity contribution in [2.24, 2.45) is 0 Å². The number of hydrogen-bond acceptors (Lipinski definition) is 3. The lowest BCUT2D eigenvalue weighted by molar-refractivity contribution is 0.0695. The minimum absolute atomic E-state index is 0.213. The Bertz CT molecular complexity index is 805. The average Bonchev–Trinajstić information content (AvgIpc) is 2.86. The SMILES string of the molecule is Cc1oc(CNc2ccc3ccccc3c2)cc1C(=O)O. The number of hydrogen-bond donors (Lipinski definition) is 2. The van der Waals surface area contributed by atoms with Crippen molar-refractivity contribution >= 4 is 22.4 Å². The van der Waals surface area contributed by atoms with E-state index in [2.05, 4.69) is 23.5 Å². The van der Waals surface area contributed by atoms with Crippen LogP contribution in [0.4, 0.5) is 5.69 Å². The van der Waals surface area contributed by atoms with Gasteiger partial charge in [0, 0.05) is 5.69 Å². The van der Waals surface area contributed by atoms with Gasteiger partial charge in [-0.1, -0.05) is 30.3 Å². The Hall–Kier alpha value is -2.75. The van der Waals surface area contributed by atoms with E-state index in [1.807, 2.05) is 24.3 Å². The van der Waals surface area contributed by atoms with Gasteiger partial charge < -0.3 is 14.8 Å². The highest BCUT2D eigenvalue weighted by Gasteiger charge is 2.13. The molecule has 2 aromatic carbocycles. The van der Waals surface area contributed by atoms with E-state index in [1.54, 1.807) is 13.0 Å². The summed E-state index contributed by atoms with van der Waals surface area (Å²) in [6.07, 6.45) is 0. The lowest BCUT2D eigenvalue weighted by Gasteiger charge is -2.06. The quantitative estimate of drug-likeness (QED) is 0.757. The summed E-state index contributed by atoms with van der Waals surface area (Å²) < 4.78 is 5.44. The summed E-state index contributed by atoms with van der Waals surface area (Å²) in [6.45, 7) is 2.11. The highest BCUT2D eigenvalue weighted by Crippen LogP contribution is 2.20. The molecule has 4 nitrogen and oxygen atoms in total. The second-order valence-electron chi connectivity index (χ2n) is 4.90. The molecule has 0 saturated carbocycles. The van der Waals surface area contributed by atoms with Crippen LogP contribution in [0.3, 0.4) is 0 Å². The van der Waals surface area contributed by atoms with Crippen LogP contribution in [0, 0.1) is 6.92 Å². The largest absolute Gasteiger partial charge is 0.478 e. The molecule has 0 bridgehead atoms. The molecule has 21 heavy (non-hydrogen) atoms. The zero-order chi connectivity index (χ0) is 14.8. The van der Waals surface area contributed by atoms with Crippen molar-refractivity contribution in [2.75, 3.05) is 5.32 Å². The summed E-state index contributed by atoms with van der Waals surface area (Å²) >= 11 is 0. The van der Waals surface area contributed by atoms with E-state index < -0.39 is 5.97 Å². The summed E-state index contributed by atoms with van der Waals surface area (Å²) in [7, 11) is 0. The maximum Gasteiger partial charge on any atom is 0.339 e. The van der Waals surface area contributed by atoms with E-state index in [4.69, 9.17) is 9.52 Å². The van der Waals surface area contributed by atoms with Crippen molar-refractivity contribution in [1.29, 1.82) is 0 Å². The zero-order valence-corrected chi connectivity index (χ0v) is 11.6. The minimum Gasteiger partial charge on any atom is -0.478 e. The molecule has 0 aliphatic rings. The smallest absolute Gasteiger partial charge is 0.339 e. The van der Waals surface area contributed by atoms with E-state index in [-0.39, 0.29) is 5.56 Å². The number of nitrogens with one attached hydrogen (secondary N) is 1. The van der Waals surface area contributed by atoms with Gasteiger partial charge in [0.2, 0.25) is 0 Å². The van der Waals surface area contributed by atoms with Gasteiger partial charge in [0.1, 0.15) is 17.1 Å². The molecule has 1 aromatic heterocycles. The van der Waals surface area contributed by atoms with Crippen LogP contribution in [-0.4, -0.2) is 11.1 Å². The number of carboxylic acid groups (broad SMARTS) is 1. The summed E-state index contributed by atoms with van der Waals surface area (Å²) in [5, 5.41) is 14.6. The number of carbonyl (C=O) groups is 1. The monoisotopic (exact) mass is 281 g/mol. The maximum atomic E-state index is 11.0. The van der Waals surface area contributed by atoms with E-state index in [1.165, 1.54) is 5.39 Å². The fourth-order valence-electron chi connectivity index (χ4n) is 2.33. The van der Waals surface area contributed by atoms with Gasteiger partial charge in [-0.3, -0.25) is 0 Å². The molecule has 106 valence electrons. The van der Waals surface area contributed by atoms with Gasteiger partial charge in [0.05, 0.1) is 6.54 Å². The first-order valence-electron chi connectivity index (χ1n) is 6.69. The van der Waals surface area contributed by atoms with Crippen molar-refractivity contribution in [3.05, 3.63) is 65.6 Å². The molecule has 0 aliphatic carbocycles. The molecule has 0 radical (unpaired) electrons. The molecule has 2 N–H and O–H groups in total. The third kappa shape index (κ3) is 2.74. The molecule has 0 saturated heterocycles. The highest BCUT2D eigenvalue weighted by molar-refractivity contribution is 5.89. The number of furan rings is 1. The van der Waals surface area contributed by atoms with Gasteiger partial charge >= 0.3 is 5.97 Å². The standard InChI is InChI=1S/C17H15NO3/c1-11-16(17(19)20)9-15(21-11)10-18-14-7-6-12-4-2-3-5-13(12)8-14/h2-9,18H,10H2,1H3,(H,19,20). The molecule has 0 unspecified atom stereocenters. The Morgan fingerprint density at radius 1 is 1.14 bits per heavy atom. The number of carboxylic acids is 1. The molecule has 1 heterocycles. The number of aryl methyl sites for hydroxylation is 1. The van der Waals surface area contributed by atoms with Crippen LogP contribution < -0.4 is 5.32 Å². The maximum absolute atomic E-state index is 11.0. The zero-order valence-electron chi connectivity index (χ0n) is 11.6. The number of fused-ring (bicyclic) bond motifs is 1. The molecule has 0 fully saturated rings. The van der Waals surface area contributed by atoms with Gasteiger partial charge in [-0.2, -0.15) is 0 Å². The van der Waals surface area contributed by atoms with E-state index in [0.29, 0.717) is 18.1 Å². The number of aromatic carboxylic acids is 1. The minimum atomic E-state index is -0.965. The third-order valence-corrected chi connectivity index (χ3v) is 3.42. The van der Waals surface area contributed by atoms with E-state index in [9.17, 15) is 4.79 Å². The van der Waals surface area contributed by atoms with Gasteiger partial charge in [-0.25, -0.2) is 4.79 Å². The molecule has 0 atom stereocenters. The van der Waals surface area contributed by atoms with Crippen LogP contribution in [0.1, 0.15) is 21.9 Å². The lowest BCUT2D eigenvalue weighted by Crippen LogP contribution is -1.98. The fourth-order valence-corrected chi connectivity index (χ4v) is 2.33. The predicted molar refractivity (Wildman–Crippen MR) is 81.7 cm³/mol. The van der Waals surface area contributed by atoms with Crippen LogP contribution in [0.5, 0.6) is 0 Å². The van der Waals surface area contributed by atoms with Gasteiger partial charge in [-0.05, 0) is 35.9 Å². The topological polar surface area (TPSA) is 62.5 Å². The first-order valence-corrected chi connectivity index (χ1v) is 6.69.